The minimum atomic E-state index is -0.407. The molecule has 0 saturated carbocycles. The van der Waals surface area contributed by atoms with E-state index in [1.165, 1.54) is 6.08 Å². The third kappa shape index (κ3) is 5.55. The molecule has 0 spiro atoms. The molecule has 6 heteroatoms. The summed E-state index contributed by atoms with van der Waals surface area (Å²) in [6.45, 7) is 6.99. The summed E-state index contributed by atoms with van der Waals surface area (Å²) in [5.41, 5.74) is 5.66. The summed E-state index contributed by atoms with van der Waals surface area (Å²) in [6, 6.07) is 15.1. The molecule has 0 heterocycles. The van der Waals surface area contributed by atoms with Crippen molar-refractivity contribution in [2.45, 2.75) is 0 Å². The summed E-state index contributed by atoms with van der Waals surface area (Å²) in [7, 11) is 1.85. The van der Waals surface area contributed by atoms with Crippen LogP contribution >= 0.6 is 0 Å². The Bertz CT molecular complexity index is 1130. The van der Waals surface area contributed by atoms with E-state index in [9.17, 15) is 9.18 Å². The molecule has 0 radical (unpaired) electrons. The lowest BCUT2D eigenvalue weighted by molar-refractivity contribution is -0.111. The number of anilines is 2. The highest BCUT2D eigenvalue weighted by Gasteiger charge is 2.17. The lowest BCUT2D eigenvalue weighted by Gasteiger charge is -2.18. The second kappa shape index (κ2) is 10.8. The number of rotatable bonds is 8. The van der Waals surface area contributed by atoms with Crippen molar-refractivity contribution in [2.24, 2.45) is 9.98 Å². The average molecular weight is 429 g/mol. The summed E-state index contributed by atoms with van der Waals surface area (Å²) in [4.78, 5) is 22.3. The SMILES string of the molecule is C=CC(=O)Nc1cccc(C2=CC=C/C(=C/N=C)C2=Nc2ccc(N(C)CCF)cc2)c1. The van der Waals surface area contributed by atoms with Gasteiger partial charge in [0.2, 0.25) is 5.91 Å². The second-order valence-electron chi connectivity index (χ2n) is 7.07. The zero-order valence-electron chi connectivity index (χ0n) is 18.0. The standard InChI is InChI=1S/C26H25FN4O/c1-4-25(32)29-22-9-5-7-19(17-22)24-10-6-8-20(18-28-2)26(24)30-21-11-13-23(14-12-21)31(3)16-15-27/h4-14,17-18H,1-2,15-16H2,3H3,(H,29,32)/b20-18-,30-26?. The highest BCUT2D eigenvalue weighted by Crippen LogP contribution is 2.30. The summed E-state index contributed by atoms with van der Waals surface area (Å²) in [5, 5.41) is 2.78. The quantitative estimate of drug-likeness (QED) is 0.444. The maximum absolute atomic E-state index is 12.6. The van der Waals surface area contributed by atoms with Crippen LogP contribution in [0.5, 0.6) is 0 Å². The van der Waals surface area contributed by atoms with Gasteiger partial charge in [-0.05, 0) is 54.8 Å². The predicted octanol–water partition coefficient (Wildman–Crippen LogP) is 5.53. The van der Waals surface area contributed by atoms with Crippen LogP contribution in [-0.4, -0.2) is 38.6 Å². The molecule has 2 aromatic carbocycles. The number of nitrogens with zero attached hydrogens (tertiary/aromatic N) is 3. The van der Waals surface area contributed by atoms with E-state index in [4.69, 9.17) is 4.99 Å². The Morgan fingerprint density at radius 3 is 2.69 bits per heavy atom. The number of aliphatic imine (C=N–C) groups is 2. The highest BCUT2D eigenvalue weighted by atomic mass is 19.1. The van der Waals surface area contributed by atoms with Gasteiger partial charge in [0.25, 0.3) is 0 Å². The zero-order valence-corrected chi connectivity index (χ0v) is 18.0. The Balaban J connectivity index is 2.00. The van der Waals surface area contributed by atoms with Crippen LogP contribution in [0.25, 0.3) is 5.57 Å². The van der Waals surface area contributed by atoms with Gasteiger partial charge >= 0.3 is 0 Å². The van der Waals surface area contributed by atoms with Gasteiger partial charge in [0.05, 0.1) is 11.4 Å². The molecule has 5 nitrogen and oxygen atoms in total. The monoisotopic (exact) mass is 428 g/mol. The molecule has 0 fully saturated rings. The first kappa shape index (κ1) is 22.6. The van der Waals surface area contributed by atoms with E-state index in [1.54, 1.807) is 6.20 Å². The lowest BCUT2D eigenvalue weighted by atomic mass is 9.91. The van der Waals surface area contributed by atoms with Gasteiger partial charge in [-0.2, -0.15) is 0 Å². The summed E-state index contributed by atoms with van der Waals surface area (Å²) in [6.07, 6.45) is 8.71. The van der Waals surface area contributed by atoms with Gasteiger partial charge < -0.3 is 10.2 Å². The molecule has 0 atom stereocenters. The molecule has 162 valence electrons. The van der Waals surface area contributed by atoms with E-state index in [0.29, 0.717) is 12.2 Å². The van der Waals surface area contributed by atoms with Gasteiger partial charge in [-0.25, -0.2) is 9.38 Å². The van der Waals surface area contributed by atoms with Gasteiger partial charge in [0, 0.05) is 42.3 Å². The van der Waals surface area contributed by atoms with Gasteiger partial charge in [0.15, 0.2) is 0 Å². The fraction of sp³-hybridized carbons (Fsp3) is 0.115. The number of hydrogen-bond donors (Lipinski definition) is 1. The Morgan fingerprint density at radius 2 is 2.00 bits per heavy atom. The van der Waals surface area contributed by atoms with Gasteiger partial charge in [-0.15, -0.1) is 0 Å². The fourth-order valence-corrected chi connectivity index (χ4v) is 3.25. The Kier molecular flexibility index (Phi) is 7.65. The Hall–Kier alpha value is -4.06. The largest absolute Gasteiger partial charge is 0.372 e. The van der Waals surface area contributed by atoms with E-state index in [1.807, 2.05) is 78.7 Å². The van der Waals surface area contributed by atoms with E-state index < -0.39 is 6.67 Å². The molecule has 1 amide bonds. The molecular formula is C26H25FN4O. The van der Waals surface area contributed by atoms with Crippen molar-refractivity contribution in [3.63, 3.8) is 0 Å². The van der Waals surface area contributed by atoms with Gasteiger partial charge in [0.1, 0.15) is 6.67 Å². The molecule has 0 unspecified atom stereocenters. The number of nitrogens with one attached hydrogen (secondary N) is 1. The minimum absolute atomic E-state index is 0.275. The average Bonchev–Trinajstić information content (AvgIpc) is 2.81. The molecule has 2 aromatic rings. The van der Waals surface area contributed by atoms with Crippen molar-refractivity contribution in [3.05, 3.63) is 96.8 Å². The molecular weight excluding hydrogens is 403 g/mol. The van der Waals surface area contributed by atoms with Crippen LogP contribution < -0.4 is 10.2 Å². The number of allylic oxidation sites excluding steroid dienone is 5. The third-order valence-corrected chi connectivity index (χ3v) is 4.88. The topological polar surface area (TPSA) is 57.1 Å². The molecule has 32 heavy (non-hydrogen) atoms. The molecule has 3 rings (SSSR count). The third-order valence-electron chi connectivity index (χ3n) is 4.88. The predicted molar refractivity (Wildman–Crippen MR) is 133 cm³/mol. The summed E-state index contributed by atoms with van der Waals surface area (Å²) >= 11 is 0. The first-order valence-electron chi connectivity index (χ1n) is 10.1. The molecule has 0 aromatic heterocycles. The lowest BCUT2D eigenvalue weighted by Crippen LogP contribution is -2.19. The first-order chi connectivity index (χ1) is 15.5. The van der Waals surface area contributed by atoms with Gasteiger partial charge in [-0.3, -0.25) is 9.79 Å². The molecule has 1 N–H and O–H groups in total. The van der Waals surface area contributed by atoms with Crippen LogP contribution in [0.1, 0.15) is 5.56 Å². The van der Waals surface area contributed by atoms with Crippen molar-refractivity contribution < 1.29 is 9.18 Å². The van der Waals surface area contributed by atoms with Crippen LogP contribution in [-0.2, 0) is 4.79 Å². The zero-order chi connectivity index (χ0) is 22.9. The maximum Gasteiger partial charge on any atom is 0.247 e. The van der Waals surface area contributed by atoms with Crippen molar-refractivity contribution in [1.82, 2.24) is 0 Å². The Labute approximate surface area is 187 Å². The highest BCUT2D eigenvalue weighted by molar-refractivity contribution is 6.34. The van der Waals surface area contributed by atoms with Crippen LogP contribution in [0.15, 0.2) is 101 Å². The summed E-state index contributed by atoms with van der Waals surface area (Å²) in [5.74, 6) is -0.275. The van der Waals surface area contributed by atoms with Crippen molar-refractivity contribution >= 4 is 41.0 Å². The second-order valence-corrected chi connectivity index (χ2v) is 7.07. The smallest absolute Gasteiger partial charge is 0.247 e. The molecule has 0 bridgehead atoms. The number of carbonyl (C=O) groups excluding carboxylic acids is 1. The first-order valence-corrected chi connectivity index (χ1v) is 10.1. The number of carbonyl (C=O) groups is 1. The number of benzene rings is 2. The normalized spacial score (nSPS) is 15.4. The van der Waals surface area contributed by atoms with Crippen molar-refractivity contribution in [2.75, 3.05) is 30.5 Å². The molecule has 0 saturated heterocycles. The fourth-order valence-electron chi connectivity index (χ4n) is 3.25. The number of alkyl halides is 1. The van der Waals surface area contributed by atoms with Crippen LogP contribution in [0, 0.1) is 0 Å². The van der Waals surface area contributed by atoms with Gasteiger partial charge in [-0.1, -0.05) is 36.9 Å². The van der Waals surface area contributed by atoms with Crippen molar-refractivity contribution in [3.8, 4) is 0 Å². The Morgan fingerprint density at radius 1 is 1.22 bits per heavy atom. The number of hydrogen-bond acceptors (Lipinski definition) is 4. The number of halogens is 1. The minimum Gasteiger partial charge on any atom is -0.372 e. The van der Waals surface area contributed by atoms with Crippen LogP contribution in [0.4, 0.5) is 21.5 Å². The van der Waals surface area contributed by atoms with Crippen LogP contribution in [0.2, 0.25) is 0 Å². The summed E-state index contributed by atoms with van der Waals surface area (Å²) < 4.78 is 12.6. The molecule has 1 aliphatic carbocycles. The van der Waals surface area contributed by atoms with Crippen LogP contribution in [0.3, 0.4) is 0 Å². The number of amides is 1. The molecule has 1 aliphatic rings. The van der Waals surface area contributed by atoms with E-state index in [0.717, 1.165) is 33.8 Å². The van der Waals surface area contributed by atoms with E-state index in [-0.39, 0.29) is 5.91 Å². The van der Waals surface area contributed by atoms with Crippen molar-refractivity contribution in [1.29, 1.82) is 0 Å². The maximum atomic E-state index is 12.6. The molecule has 0 aliphatic heterocycles. The van der Waals surface area contributed by atoms with E-state index in [2.05, 4.69) is 23.6 Å². The van der Waals surface area contributed by atoms with E-state index >= 15 is 0 Å².